The fraction of sp³-hybridized carbons (Fsp3) is 0.579. The van der Waals surface area contributed by atoms with Crippen LogP contribution in [0.1, 0.15) is 44.5 Å². The average molecular weight is 327 g/mol. The number of rotatable bonds is 3. The Morgan fingerprint density at radius 1 is 1.25 bits per heavy atom. The van der Waals surface area contributed by atoms with E-state index in [4.69, 9.17) is 9.72 Å². The second-order valence-corrected chi connectivity index (χ2v) is 7.11. The first-order chi connectivity index (χ1) is 11.7. The minimum absolute atomic E-state index is 0.0200. The van der Waals surface area contributed by atoms with Crippen LogP contribution in [0.15, 0.2) is 24.3 Å². The molecule has 0 aliphatic carbocycles. The van der Waals surface area contributed by atoms with E-state index in [2.05, 4.69) is 11.5 Å². The Kier molecular flexibility index (Phi) is 4.27. The Morgan fingerprint density at radius 2 is 2.04 bits per heavy atom. The summed E-state index contributed by atoms with van der Waals surface area (Å²) in [6, 6.07) is 8.06. The second-order valence-electron chi connectivity index (χ2n) is 7.11. The molecule has 1 amide bonds. The highest BCUT2D eigenvalue weighted by atomic mass is 16.5. The Labute approximate surface area is 142 Å². The molecule has 0 radical (unpaired) electrons. The van der Waals surface area contributed by atoms with E-state index in [0.29, 0.717) is 6.54 Å². The maximum atomic E-state index is 12.8. The number of hydrogen-bond acceptors (Lipinski definition) is 3. The van der Waals surface area contributed by atoms with E-state index in [1.807, 2.05) is 29.2 Å². The van der Waals surface area contributed by atoms with E-state index in [-0.39, 0.29) is 12.0 Å². The third-order valence-corrected chi connectivity index (χ3v) is 5.33. The molecule has 24 heavy (non-hydrogen) atoms. The molecule has 0 N–H and O–H groups in total. The van der Waals surface area contributed by atoms with Gasteiger partial charge in [-0.15, -0.1) is 0 Å². The molecule has 1 aromatic heterocycles. The van der Waals surface area contributed by atoms with Gasteiger partial charge in [-0.3, -0.25) is 4.79 Å². The van der Waals surface area contributed by atoms with Gasteiger partial charge < -0.3 is 14.2 Å². The van der Waals surface area contributed by atoms with Crippen molar-refractivity contribution >= 4 is 16.9 Å². The van der Waals surface area contributed by atoms with Crippen LogP contribution in [0.3, 0.4) is 0 Å². The SMILES string of the molecule is CC1CCN(C(=O)Cn2c(C3CCCO3)nc3ccccc32)CC1. The summed E-state index contributed by atoms with van der Waals surface area (Å²) in [5, 5.41) is 0. The van der Waals surface area contributed by atoms with Crippen LogP contribution in [0.4, 0.5) is 0 Å². The maximum Gasteiger partial charge on any atom is 0.242 e. The van der Waals surface area contributed by atoms with Crippen molar-refractivity contribution in [2.75, 3.05) is 19.7 Å². The van der Waals surface area contributed by atoms with Gasteiger partial charge in [0.05, 0.1) is 11.0 Å². The van der Waals surface area contributed by atoms with Gasteiger partial charge in [-0.2, -0.15) is 0 Å². The summed E-state index contributed by atoms with van der Waals surface area (Å²) >= 11 is 0. The first kappa shape index (κ1) is 15.6. The van der Waals surface area contributed by atoms with Gasteiger partial charge in [-0.05, 0) is 43.7 Å². The van der Waals surface area contributed by atoms with E-state index in [0.717, 1.165) is 68.2 Å². The number of fused-ring (bicyclic) bond motifs is 1. The monoisotopic (exact) mass is 327 g/mol. The number of nitrogens with zero attached hydrogens (tertiary/aromatic N) is 3. The zero-order valence-electron chi connectivity index (χ0n) is 14.3. The Balaban J connectivity index is 1.62. The molecule has 0 saturated carbocycles. The van der Waals surface area contributed by atoms with Crippen LogP contribution in [0.25, 0.3) is 11.0 Å². The van der Waals surface area contributed by atoms with E-state index >= 15 is 0 Å². The fourth-order valence-electron chi connectivity index (χ4n) is 3.78. The molecule has 1 atom stereocenters. The molecule has 5 heteroatoms. The highest BCUT2D eigenvalue weighted by molar-refractivity contribution is 5.81. The predicted octanol–water partition coefficient (Wildman–Crippen LogP) is 3.15. The smallest absolute Gasteiger partial charge is 0.242 e. The van der Waals surface area contributed by atoms with Crippen LogP contribution in [-0.2, 0) is 16.1 Å². The standard InChI is InChI=1S/C19H25N3O2/c1-14-8-10-21(11-9-14)18(23)13-22-16-6-3-2-5-15(16)20-19(22)17-7-4-12-24-17/h2-3,5-6,14,17H,4,7-13H2,1H3. The molecule has 2 aromatic rings. The maximum absolute atomic E-state index is 12.8. The van der Waals surface area contributed by atoms with Crippen LogP contribution >= 0.6 is 0 Å². The molecule has 2 aliphatic rings. The average Bonchev–Trinajstić information content (AvgIpc) is 3.23. The Morgan fingerprint density at radius 3 is 2.79 bits per heavy atom. The minimum Gasteiger partial charge on any atom is -0.370 e. The molecule has 3 heterocycles. The number of carbonyl (C=O) groups excluding carboxylic acids is 1. The van der Waals surface area contributed by atoms with Gasteiger partial charge in [-0.1, -0.05) is 19.1 Å². The summed E-state index contributed by atoms with van der Waals surface area (Å²) in [5.41, 5.74) is 1.98. The van der Waals surface area contributed by atoms with E-state index in [1.165, 1.54) is 0 Å². The number of ether oxygens (including phenoxy) is 1. The topological polar surface area (TPSA) is 47.4 Å². The summed E-state index contributed by atoms with van der Waals surface area (Å²) in [6.45, 7) is 5.17. The lowest BCUT2D eigenvalue weighted by Gasteiger charge is -2.30. The molecular weight excluding hydrogens is 302 g/mol. The molecule has 4 rings (SSSR count). The first-order valence-electron chi connectivity index (χ1n) is 9.07. The number of para-hydroxylation sites is 2. The van der Waals surface area contributed by atoms with Crippen molar-refractivity contribution in [1.82, 2.24) is 14.5 Å². The van der Waals surface area contributed by atoms with Crippen molar-refractivity contribution in [3.63, 3.8) is 0 Å². The van der Waals surface area contributed by atoms with Gasteiger partial charge in [-0.25, -0.2) is 4.98 Å². The van der Waals surface area contributed by atoms with Crippen LogP contribution < -0.4 is 0 Å². The Bertz CT molecular complexity index is 725. The molecule has 0 spiro atoms. The number of aromatic nitrogens is 2. The lowest BCUT2D eigenvalue weighted by atomic mass is 9.99. The van der Waals surface area contributed by atoms with Crippen LogP contribution in [-0.4, -0.2) is 40.1 Å². The zero-order valence-corrected chi connectivity index (χ0v) is 14.3. The second kappa shape index (κ2) is 6.55. The van der Waals surface area contributed by atoms with Gasteiger partial charge in [0.2, 0.25) is 5.91 Å². The van der Waals surface area contributed by atoms with E-state index in [9.17, 15) is 4.79 Å². The molecule has 1 aromatic carbocycles. The number of hydrogen-bond donors (Lipinski definition) is 0. The van der Waals surface area contributed by atoms with Crippen LogP contribution in [0.2, 0.25) is 0 Å². The van der Waals surface area contributed by atoms with Gasteiger partial charge in [0.1, 0.15) is 18.5 Å². The quantitative estimate of drug-likeness (QED) is 0.870. The predicted molar refractivity (Wildman–Crippen MR) is 92.6 cm³/mol. The number of amides is 1. The minimum atomic E-state index is 0.0200. The summed E-state index contributed by atoms with van der Waals surface area (Å²) in [6.07, 6.45) is 4.28. The van der Waals surface area contributed by atoms with E-state index < -0.39 is 0 Å². The third-order valence-electron chi connectivity index (χ3n) is 5.33. The number of imidazole rings is 1. The summed E-state index contributed by atoms with van der Waals surface area (Å²) in [7, 11) is 0. The number of benzene rings is 1. The molecule has 2 saturated heterocycles. The van der Waals surface area contributed by atoms with Gasteiger partial charge in [0.15, 0.2) is 0 Å². The summed E-state index contributed by atoms with van der Waals surface area (Å²) < 4.78 is 7.92. The zero-order chi connectivity index (χ0) is 16.5. The number of piperidine rings is 1. The van der Waals surface area contributed by atoms with Crippen molar-refractivity contribution in [3.8, 4) is 0 Å². The molecule has 1 unspecified atom stereocenters. The number of likely N-dealkylation sites (tertiary alicyclic amines) is 1. The molecule has 0 bridgehead atoms. The fourth-order valence-corrected chi connectivity index (χ4v) is 3.78. The van der Waals surface area contributed by atoms with Crippen LogP contribution in [0, 0.1) is 5.92 Å². The molecule has 5 nitrogen and oxygen atoms in total. The Hall–Kier alpha value is -1.88. The summed E-state index contributed by atoms with van der Waals surface area (Å²) in [5.74, 6) is 1.84. The molecule has 2 aliphatic heterocycles. The van der Waals surface area contributed by atoms with Crippen molar-refractivity contribution in [2.45, 2.75) is 45.3 Å². The highest BCUT2D eigenvalue weighted by Crippen LogP contribution is 2.30. The van der Waals surface area contributed by atoms with Gasteiger partial charge in [0.25, 0.3) is 0 Å². The van der Waals surface area contributed by atoms with Gasteiger partial charge >= 0.3 is 0 Å². The molecule has 128 valence electrons. The van der Waals surface area contributed by atoms with Crippen molar-refractivity contribution in [3.05, 3.63) is 30.1 Å². The molecule has 2 fully saturated rings. The number of carbonyl (C=O) groups is 1. The largest absolute Gasteiger partial charge is 0.370 e. The van der Waals surface area contributed by atoms with Crippen molar-refractivity contribution < 1.29 is 9.53 Å². The first-order valence-corrected chi connectivity index (χ1v) is 9.07. The van der Waals surface area contributed by atoms with Gasteiger partial charge in [0, 0.05) is 19.7 Å². The lowest BCUT2D eigenvalue weighted by Crippen LogP contribution is -2.40. The van der Waals surface area contributed by atoms with Crippen molar-refractivity contribution in [1.29, 1.82) is 0 Å². The summed E-state index contributed by atoms with van der Waals surface area (Å²) in [4.78, 5) is 19.6. The van der Waals surface area contributed by atoms with Crippen LogP contribution in [0.5, 0.6) is 0 Å². The third kappa shape index (κ3) is 2.93. The molecular formula is C19H25N3O2. The van der Waals surface area contributed by atoms with E-state index in [1.54, 1.807) is 0 Å². The lowest BCUT2D eigenvalue weighted by molar-refractivity contribution is -0.133. The highest BCUT2D eigenvalue weighted by Gasteiger charge is 2.27. The normalized spacial score (nSPS) is 22.4. The van der Waals surface area contributed by atoms with Crippen molar-refractivity contribution in [2.24, 2.45) is 5.92 Å².